The van der Waals surface area contributed by atoms with E-state index < -0.39 is 0 Å². The first-order chi connectivity index (χ1) is 10.00. The largest absolute Gasteiger partial charge is 0.354 e. The second-order valence-electron chi connectivity index (χ2n) is 6.08. The van der Waals surface area contributed by atoms with Gasteiger partial charge in [0, 0.05) is 23.8 Å². The quantitative estimate of drug-likeness (QED) is 0.774. The highest BCUT2D eigenvalue weighted by molar-refractivity contribution is 7.09. The second kappa shape index (κ2) is 5.38. The molecule has 0 aromatic carbocycles. The molecule has 3 rings (SSSR count). The van der Waals surface area contributed by atoms with Crippen molar-refractivity contribution < 1.29 is 9.59 Å². The fraction of sp³-hybridized carbons (Fsp3) is 0.643. The average molecular weight is 308 g/mol. The van der Waals surface area contributed by atoms with Crippen LogP contribution in [0.2, 0.25) is 0 Å². The number of piperidine rings is 1. The molecule has 1 aromatic rings. The number of aromatic nitrogens is 1. The van der Waals surface area contributed by atoms with Crippen molar-refractivity contribution in [3.05, 3.63) is 16.1 Å². The van der Waals surface area contributed by atoms with Gasteiger partial charge in [0.2, 0.25) is 5.91 Å². The molecule has 1 saturated heterocycles. The van der Waals surface area contributed by atoms with Crippen LogP contribution in [0.15, 0.2) is 5.38 Å². The third-order valence-electron chi connectivity index (χ3n) is 4.55. The van der Waals surface area contributed by atoms with Gasteiger partial charge in [-0.3, -0.25) is 9.59 Å². The molecule has 2 atom stereocenters. The van der Waals surface area contributed by atoms with Crippen molar-refractivity contribution >= 4 is 23.2 Å². The van der Waals surface area contributed by atoms with Crippen molar-refractivity contribution in [3.63, 3.8) is 0 Å². The Kier molecular flexibility index (Phi) is 3.71. The van der Waals surface area contributed by atoms with Crippen molar-refractivity contribution in [1.29, 1.82) is 0 Å². The Morgan fingerprint density at radius 3 is 2.95 bits per heavy atom. The van der Waals surface area contributed by atoms with Gasteiger partial charge in [0.05, 0.1) is 12.1 Å². The normalized spacial score (nSPS) is 25.0. The van der Waals surface area contributed by atoms with Crippen molar-refractivity contribution in [3.8, 4) is 0 Å². The van der Waals surface area contributed by atoms with Crippen molar-refractivity contribution in [2.45, 2.75) is 44.7 Å². The first-order valence-electron chi connectivity index (χ1n) is 7.29. The smallest absolute Gasteiger partial charge is 0.271 e. The summed E-state index contributed by atoms with van der Waals surface area (Å²) in [7, 11) is 0. The minimum absolute atomic E-state index is 0.00287. The van der Waals surface area contributed by atoms with Gasteiger partial charge in [0.25, 0.3) is 5.91 Å². The van der Waals surface area contributed by atoms with E-state index in [1.165, 1.54) is 11.3 Å². The van der Waals surface area contributed by atoms with Crippen LogP contribution in [0.1, 0.15) is 54.1 Å². The summed E-state index contributed by atoms with van der Waals surface area (Å²) in [5.41, 5.74) is 6.14. The summed E-state index contributed by atoms with van der Waals surface area (Å²) in [6.07, 6.45) is 3.66. The van der Waals surface area contributed by atoms with Crippen molar-refractivity contribution in [1.82, 2.24) is 15.6 Å². The zero-order valence-electron chi connectivity index (χ0n) is 12.0. The van der Waals surface area contributed by atoms with E-state index >= 15 is 0 Å². The van der Waals surface area contributed by atoms with Gasteiger partial charge in [0.15, 0.2) is 0 Å². The Morgan fingerprint density at radius 1 is 1.62 bits per heavy atom. The number of carbonyl (C=O) groups excluding carboxylic acids is 2. The molecule has 7 heteroatoms. The second-order valence-corrected chi connectivity index (χ2v) is 6.97. The lowest BCUT2D eigenvalue weighted by Crippen LogP contribution is -2.61. The van der Waals surface area contributed by atoms with E-state index in [2.05, 4.69) is 15.6 Å². The van der Waals surface area contributed by atoms with Crippen LogP contribution in [0.4, 0.5) is 0 Å². The van der Waals surface area contributed by atoms with E-state index in [-0.39, 0.29) is 29.3 Å². The van der Waals surface area contributed by atoms with Gasteiger partial charge in [-0.1, -0.05) is 6.42 Å². The Bertz CT molecular complexity index is 565. The lowest BCUT2D eigenvalue weighted by molar-refractivity contribution is -0.129. The fourth-order valence-corrected chi connectivity index (χ4v) is 3.89. The van der Waals surface area contributed by atoms with E-state index in [4.69, 9.17) is 5.73 Å². The lowest BCUT2D eigenvalue weighted by atomic mass is 9.60. The number of hydrogen-bond donors (Lipinski definition) is 3. The minimum Gasteiger partial charge on any atom is -0.354 e. The van der Waals surface area contributed by atoms with E-state index in [0.29, 0.717) is 18.7 Å². The summed E-state index contributed by atoms with van der Waals surface area (Å²) in [6.45, 7) is 2.36. The number of carbonyl (C=O) groups is 2. The van der Waals surface area contributed by atoms with Crippen LogP contribution in [0.5, 0.6) is 0 Å². The highest BCUT2D eigenvalue weighted by Gasteiger charge is 2.48. The molecule has 2 fully saturated rings. The van der Waals surface area contributed by atoms with Crippen LogP contribution in [0.3, 0.4) is 0 Å². The molecule has 2 heterocycles. The average Bonchev–Trinajstić information content (AvgIpc) is 2.88. The molecule has 1 saturated carbocycles. The summed E-state index contributed by atoms with van der Waals surface area (Å²) in [5, 5.41) is 8.39. The Hall–Kier alpha value is -1.47. The molecular formula is C14H20N4O2S. The SMILES string of the molecule is CC(N)c1nc(C(=O)NC2CNC(=O)CC23CCC3)cs1. The van der Waals surface area contributed by atoms with Crippen LogP contribution in [-0.2, 0) is 4.79 Å². The van der Waals surface area contributed by atoms with Crippen LogP contribution < -0.4 is 16.4 Å². The topological polar surface area (TPSA) is 97.1 Å². The van der Waals surface area contributed by atoms with E-state index in [1.807, 2.05) is 6.92 Å². The van der Waals surface area contributed by atoms with Gasteiger partial charge in [-0.2, -0.15) is 0 Å². The van der Waals surface area contributed by atoms with Gasteiger partial charge in [-0.15, -0.1) is 11.3 Å². The first-order valence-corrected chi connectivity index (χ1v) is 8.17. The van der Waals surface area contributed by atoms with Gasteiger partial charge in [-0.05, 0) is 19.8 Å². The maximum absolute atomic E-state index is 12.3. The van der Waals surface area contributed by atoms with Gasteiger partial charge in [-0.25, -0.2) is 4.98 Å². The number of nitrogens with one attached hydrogen (secondary N) is 2. The Balaban J connectivity index is 1.70. The predicted molar refractivity (Wildman–Crippen MR) is 79.9 cm³/mol. The molecule has 1 aliphatic carbocycles. The molecule has 2 aliphatic rings. The van der Waals surface area contributed by atoms with Gasteiger partial charge < -0.3 is 16.4 Å². The monoisotopic (exact) mass is 308 g/mol. The molecule has 4 N–H and O–H groups in total. The van der Waals surface area contributed by atoms with E-state index in [9.17, 15) is 9.59 Å². The maximum Gasteiger partial charge on any atom is 0.271 e. The van der Waals surface area contributed by atoms with E-state index in [1.54, 1.807) is 5.38 Å². The predicted octanol–water partition coefficient (Wildman–Crippen LogP) is 0.951. The summed E-state index contributed by atoms with van der Waals surface area (Å²) in [4.78, 5) is 28.2. The van der Waals surface area contributed by atoms with Gasteiger partial charge in [0.1, 0.15) is 10.7 Å². The summed E-state index contributed by atoms with van der Waals surface area (Å²) < 4.78 is 0. The molecule has 0 radical (unpaired) electrons. The van der Waals surface area contributed by atoms with Gasteiger partial charge >= 0.3 is 0 Å². The Morgan fingerprint density at radius 2 is 2.38 bits per heavy atom. The molecule has 0 bridgehead atoms. The lowest BCUT2D eigenvalue weighted by Gasteiger charge is -2.50. The van der Waals surface area contributed by atoms with Crippen molar-refractivity contribution in [2.75, 3.05) is 6.54 Å². The number of thiazole rings is 1. The van der Waals surface area contributed by atoms with Crippen LogP contribution in [-0.4, -0.2) is 29.4 Å². The summed E-state index contributed by atoms with van der Waals surface area (Å²) in [6, 6.07) is -0.166. The summed E-state index contributed by atoms with van der Waals surface area (Å²) in [5.74, 6) is -0.0846. The highest BCUT2D eigenvalue weighted by atomic mass is 32.1. The first kappa shape index (κ1) is 14.5. The Labute approximate surface area is 127 Å². The number of nitrogens with two attached hydrogens (primary N) is 1. The summed E-state index contributed by atoms with van der Waals surface area (Å²) >= 11 is 1.40. The van der Waals surface area contributed by atoms with Crippen LogP contribution in [0.25, 0.3) is 0 Å². The standard InChI is InChI=1S/C14H20N4O2S/c1-8(15)13-17-9(7-21-13)12(20)18-10-6-16-11(19)5-14(10)3-2-4-14/h7-8,10H,2-6,15H2,1H3,(H,16,19)(H,18,20). The zero-order valence-corrected chi connectivity index (χ0v) is 12.8. The number of hydrogen-bond acceptors (Lipinski definition) is 5. The van der Waals surface area contributed by atoms with Crippen molar-refractivity contribution in [2.24, 2.45) is 11.1 Å². The number of amides is 2. The van der Waals surface area contributed by atoms with Crippen LogP contribution >= 0.6 is 11.3 Å². The van der Waals surface area contributed by atoms with Crippen LogP contribution in [0, 0.1) is 5.41 Å². The number of nitrogens with zero attached hydrogens (tertiary/aromatic N) is 1. The molecule has 21 heavy (non-hydrogen) atoms. The third kappa shape index (κ3) is 2.67. The molecule has 114 valence electrons. The molecule has 2 unspecified atom stereocenters. The molecule has 1 spiro atoms. The molecule has 1 aromatic heterocycles. The third-order valence-corrected chi connectivity index (χ3v) is 5.60. The molecule has 6 nitrogen and oxygen atoms in total. The van der Waals surface area contributed by atoms with E-state index in [0.717, 1.165) is 24.3 Å². The molecular weight excluding hydrogens is 288 g/mol. The molecule has 2 amide bonds. The fourth-order valence-electron chi connectivity index (χ4n) is 3.13. The minimum atomic E-state index is -0.175. The zero-order chi connectivity index (χ0) is 15.0. The highest BCUT2D eigenvalue weighted by Crippen LogP contribution is 2.48. The maximum atomic E-state index is 12.3. The number of rotatable bonds is 3. The molecule has 1 aliphatic heterocycles.